The fourth-order valence-electron chi connectivity index (χ4n) is 2.51. The molecule has 0 aromatic carbocycles. The van der Waals surface area contributed by atoms with Gasteiger partial charge in [0.2, 0.25) is 0 Å². The van der Waals surface area contributed by atoms with Gasteiger partial charge in [-0.1, -0.05) is 12.8 Å². The van der Waals surface area contributed by atoms with Crippen LogP contribution < -0.4 is 10.6 Å². The Hall–Kier alpha value is -0.770. The third kappa shape index (κ3) is 8.09. The maximum absolute atomic E-state index is 4.57. The second-order valence-electron chi connectivity index (χ2n) is 5.25. The normalized spacial score (nSPS) is 16.1. The van der Waals surface area contributed by atoms with Gasteiger partial charge in [-0.2, -0.15) is 0 Å². The Bertz CT molecular complexity index is 226. The maximum atomic E-state index is 4.57. The van der Waals surface area contributed by atoms with Crippen LogP contribution in [0.5, 0.6) is 0 Å². The Balaban J connectivity index is 2.00. The number of rotatable bonds is 8. The molecule has 1 saturated heterocycles. The van der Waals surface area contributed by atoms with Crippen molar-refractivity contribution in [1.82, 2.24) is 15.5 Å². The monoisotopic (exact) mass is 268 g/mol. The van der Waals surface area contributed by atoms with Gasteiger partial charge in [0.1, 0.15) is 0 Å². The van der Waals surface area contributed by atoms with Gasteiger partial charge in [0.25, 0.3) is 0 Å². The third-order valence-electron chi connectivity index (χ3n) is 3.54. The van der Waals surface area contributed by atoms with Gasteiger partial charge in [-0.15, -0.1) is 0 Å². The molecule has 112 valence electrons. The summed E-state index contributed by atoms with van der Waals surface area (Å²) in [7, 11) is 0. The molecule has 1 heterocycles. The van der Waals surface area contributed by atoms with Gasteiger partial charge in [0, 0.05) is 19.6 Å². The topological polar surface area (TPSA) is 39.7 Å². The number of piperidine rings is 1. The lowest BCUT2D eigenvalue weighted by molar-refractivity contribution is 0.224. The summed E-state index contributed by atoms with van der Waals surface area (Å²) in [4.78, 5) is 7.19. The first-order chi connectivity index (χ1) is 9.36. The summed E-state index contributed by atoms with van der Waals surface area (Å²) >= 11 is 0. The largest absolute Gasteiger partial charge is 0.357 e. The molecule has 0 unspecified atom stereocenters. The van der Waals surface area contributed by atoms with Crippen molar-refractivity contribution in [2.45, 2.75) is 52.4 Å². The lowest BCUT2D eigenvalue weighted by atomic mass is 10.1. The van der Waals surface area contributed by atoms with Crippen molar-refractivity contribution in [3.05, 3.63) is 0 Å². The smallest absolute Gasteiger partial charge is 0.191 e. The van der Waals surface area contributed by atoms with Gasteiger partial charge < -0.3 is 15.5 Å². The van der Waals surface area contributed by atoms with Gasteiger partial charge in [0.05, 0.1) is 0 Å². The molecule has 0 saturated carbocycles. The van der Waals surface area contributed by atoms with Crippen LogP contribution in [-0.4, -0.2) is 50.1 Å². The number of hydrogen-bond donors (Lipinski definition) is 2. The highest BCUT2D eigenvalue weighted by Gasteiger charge is 2.08. The Morgan fingerprint density at radius 3 is 2.26 bits per heavy atom. The predicted octanol–water partition coefficient (Wildman–Crippen LogP) is 2.22. The van der Waals surface area contributed by atoms with Crippen LogP contribution in [0.25, 0.3) is 0 Å². The first-order valence-electron chi connectivity index (χ1n) is 8.11. The zero-order valence-electron chi connectivity index (χ0n) is 12.9. The van der Waals surface area contributed by atoms with E-state index in [0.29, 0.717) is 0 Å². The van der Waals surface area contributed by atoms with Crippen molar-refractivity contribution in [2.75, 3.05) is 39.3 Å². The lowest BCUT2D eigenvalue weighted by Gasteiger charge is -2.26. The molecule has 0 amide bonds. The first-order valence-corrected chi connectivity index (χ1v) is 8.11. The van der Waals surface area contributed by atoms with E-state index in [2.05, 4.69) is 34.4 Å². The average molecular weight is 268 g/mol. The zero-order chi connectivity index (χ0) is 13.8. The molecular weight excluding hydrogens is 236 g/mol. The highest BCUT2D eigenvalue weighted by molar-refractivity contribution is 5.79. The second kappa shape index (κ2) is 11.1. The van der Waals surface area contributed by atoms with Crippen molar-refractivity contribution in [3.8, 4) is 0 Å². The van der Waals surface area contributed by atoms with E-state index in [1.54, 1.807) is 0 Å². The molecule has 1 rings (SSSR count). The molecule has 1 aliphatic heterocycles. The minimum atomic E-state index is 0.931. The van der Waals surface area contributed by atoms with Crippen molar-refractivity contribution < 1.29 is 0 Å². The summed E-state index contributed by atoms with van der Waals surface area (Å²) in [5, 5.41) is 6.51. The van der Waals surface area contributed by atoms with E-state index < -0.39 is 0 Å². The van der Waals surface area contributed by atoms with Crippen molar-refractivity contribution in [3.63, 3.8) is 0 Å². The van der Waals surface area contributed by atoms with Gasteiger partial charge >= 0.3 is 0 Å². The zero-order valence-corrected chi connectivity index (χ0v) is 12.9. The van der Waals surface area contributed by atoms with E-state index in [9.17, 15) is 0 Å². The summed E-state index contributed by atoms with van der Waals surface area (Å²) in [5.41, 5.74) is 0. The van der Waals surface area contributed by atoms with Crippen LogP contribution in [-0.2, 0) is 0 Å². The average Bonchev–Trinajstić information content (AvgIpc) is 2.44. The Morgan fingerprint density at radius 2 is 1.63 bits per heavy atom. The molecule has 0 aromatic rings. The molecular formula is C15H32N4. The Labute approximate surface area is 119 Å². The number of guanidine groups is 1. The quantitative estimate of drug-likeness (QED) is 0.403. The minimum Gasteiger partial charge on any atom is -0.357 e. The number of nitrogens with one attached hydrogen (secondary N) is 2. The summed E-state index contributed by atoms with van der Waals surface area (Å²) < 4.78 is 0. The number of aliphatic imine (C=N–C) groups is 1. The predicted molar refractivity (Wildman–Crippen MR) is 83.8 cm³/mol. The maximum Gasteiger partial charge on any atom is 0.191 e. The molecule has 0 aromatic heterocycles. The summed E-state index contributed by atoms with van der Waals surface area (Å²) in [6.07, 6.45) is 8.06. The van der Waals surface area contributed by atoms with E-state index in [1.807, 2.05) is 0 Å². The van der Waals surface area contributed by atoms with Gasteiger partial charge in [-0.05, 0) is 59.2 Å². The van der Waals surface area contributed by atoms with Crippen LogP contribution in [0, 0.1) is 0 Å². The molecule has 0 spiro atoms. The van der Waals surface area contributed by atoms with Crippen LogP contribution in [0.15, 0.2) is 4.99 Å². The molecule has 19 heavy (non-hydrogen) atoms. The third-order valence-corrected chi connectivity index (χ3v) is 3.54. The number of nitrogens with zero attached hydrogens (tertiary/aromatic N) is 2. The van der Waals surface area contributed by atoms with Crippen LogP contribution in [0.4, 0.5) is 0 Å². The second-order valence-corrected chi connectivity index (χ2v) is 5.25. The molecule has 1 fully saturated rings. The van der Waals surface area contributed by atoms with E-state index in [0.717, 1.165) is 25.6 Å². The van der Waals surface area contributed by atoms with E-state index in [1.165, 1.54) is 58.2 Å². The van der Waals surface area contributed by atoms with Crippen LogP contribution in [0.3, 0.4) is 0 Å². The van der Waals surface area contributed by atoms with E-state index >= 15 is 0 Å². The first kappa shape index (κ1) is 16.3. The van der Waals surface area contributed by atoms with Crippen LogP contribution >= 0.6 is 0 Å². The summed E-state index contributed by atoms with van der Waals surface area (Å²) in [6.45, 7) is 10.9. The van der Waals surface area contributed by atoms with Crippen molar-refractivity contribution in [1.29, 1.82) is 0 Å². The van der Waals surface area contributed by atoms with Crippen molar-refractivity contribution >= 4 is 5.96 Å². The Kier molecular flexibility index (Phi) is 9.51. The van der Waals surface area contributed by atoms with Gasteiger partial charge in [-0.3, -0.25) is 4.99 Å². The van der Waals surface area contributed by atoms with Crippen LogP contribution in [0.1, 0.15) is 52.4 Å². The van der Waals surface area contributed by atoms with E-state index in [4.69, 9.17) is 0 Å². The van der Waals surface area contributed by atoms with Crippen molar-refractivity contribution in [2.24, 2.45) is 4.99 Å². The summed E-state index contributed by atoms with van der Waals surface area (Å²) in [5.74, 6) is 0.959. The standard InChI is InChI=1S/C15H32N4/c1-3-16-15(17-4-2)18-11-7-5-8-12-19-13-9-6-10-14-19/h3-14H2,1-2H3,(H2,16,17,18). The molecule has 0 aliphatic carbocycles. The number of unbranched alkanes of at least 4 members (excludes halogenated alkanes) is 2. The van der Waals surface area contributed by atoms with Crippen LogP contribution in [0.2, 0.25) is 0 Å². The molecule has 1 aliphatic rings. The highest BCUT2D eigenvalue weighted by Crippen LogP contribution is 2.09. The number of hydrogen-bond acceptors (Lipinski definition) is 2. The Morgan fingerprint density at radius 1 is 0.947 bits per heavy atom. The number of likely N-dealkylation sites (tertiary alicyclic amines) is 1. The SMILES string of the molecule is CCNC(=NCCCCCN1CCCCC1)NCC. The molecule has 0 bridgehead atoms. The van der Waals surface area contributed by atoms with Gasteiger partial charge in [0.15, 0.2) is 5.96 Å². The molecule has 0 radical (unpaired) electrons. The highest BCUT2D eigenvalue weighted by atomic mass is 15.2. The molecule has 4 nitrogen and oxygen atoms in total. The fourth-order valence-corrected chi connectivity index (χ4v) is 2.51. The van der Waals surface area contributed by atoms with Gasteiger partial charge in [-0.25, -0.2) is 0 Å². The molecule has 4 heteroatoms. The molecule has 0 atom stereocenters. The lowest BCUT2D eigenvalue weighted by Crippen LogP contribution is -2.37. The fraction of sp³-hybridized carbons (Fsp3) is 0.933. The van der Waals surface area contributed by atoms with E-state index in [-0.39, 0.29) is 0 Å². The molecule has 2 N–H and O–H groups in total. The minimum absolute atomic E-state index is 0.931. The summed E-state index contributed by atoms with van der Waals surface area (Å²) in [6, 6.07) is 0.